The first-order chi connectivity index (χ1) is 13.5. The van der Waals surface area contributed by atoms with Crippen LogP contribution in [0.1, 0.15) is 37.8 Å². The van der Waals surface area contributed by atoms with Gasteiger partial charge in [-0.25, -0.2) is 9.79 Å². The topological polar surface area (TPSA) is 75.2 Å². The predicted molar refractivity (Wildman–Crippen MR) is 128 cm³/mol. The second-order valence-corrected chi connectivity index (χ2v) is 6.93. The summed E-state index contributed by atoms with van der Waals surface area (Å²) in [5.41, 5.74) is 2.28. The van der Waals surface area contributed by atoms with Crippen LogP contribution in [-0.2, 0) is 4.74 Å². The van der Waals surface area contributed by atoms with Crippen molar-refractivity contribution in [1.29, 1.82) is 0 Å². The smallest absolute Gasteiger partial charge is 0.409 e. The van der Waals surface area contributed by atoms with Gasteiger partial charge in [-0.1, -0.05) is 18.2 Å². The Balaban J connectivity index is 0.00000420. The van der Waals surface area contributed by atoms with E-state index in [-0.39, 0.29) is 30.1 Å². The van der Waals surface area contributed by atoms with Crippen LogP contribution in [0, 0.1) is 13.8 Å². The maximum absolute atomic E-state index is 11.8. The fourth-order valence-corrected chi connectivity index (χ4v) is 3.27. The molecular formula is C21H35IN4O3. The van der Waals surface area contributed by atoms with Gasteiger partial charge in [0.2, 0.25) is 0 Å². The standard InChI is InChI=1S/C21H34N4O3.HI/c1-5-22-20(23-12-15-28-19-16(3)8-7-9-17(19)4)24-18-10-13-25(14-11-18)21(26)27-6-2;/h7-9,18H,5-6,10-15H2,1-4H3,(H2,22,23,24);1H. The molecule has 0 bridgehead atoms. The van der Waals surface area contributed by atoms with Gasteiger partial charge in [-0.15, -0.1) is 24.0 Å². The molecular weight excluding hydrogens is 483 g/mol. The Morgan fingerprint density at radius 2 is 1.86 bits per heavy atom. The number of nitrogens with one attached hydrogen (secondary N) is 2. The number of likely N-dealkylation sites (tertiary alicyclic amines) is 1. The number of aliphatic imine (C=N–C) groups is 1. The molecule has 164 valence electrons. The third kappa shape index (κ3) is 8.28. The maximum Gasteiger partial charge on any atom is 0.409 e. The van der Waals surface area contributed by atoms with Crippen molar-refractivity contribution in [2.45, 2.75) is 46.6 Å². The molecule has 2 N–H and O–H groups in total. The number of rotatable bonds is 7. The van der Waals surface area contributed by atoms with Crippen LogP contribution in [0.4, 0.5) is 4.79 Å². The number of aryl methyl sites for hydroxylation is 2. The quantitative estimate of drug-likeness (QED) is 0.250. The van der Waals surface area contributed by atoms with Crippen molar-refractivity contribution in [1.82, 2.24) is 15.5 Å². The normalized spacial score (nSPS) is 14.8. The second-order valence-electron chi connectivity index (χ2n) is 6.93. The van der Waals surface area contributed by atoms with Gasteiger partial charge in [0.05, 0.1) is 13.2 Å². The molecule has 0 radical (unpaired) electrons. The number of carbonyl (C=O) groups is 1. The lowest BCUT2D eigenvalue weighted by Crippen LogP contribution is -2.50. The molecule has 1 aromatic carbocycles. The molecule has 0 aromatic heterocycles. The van der Waals surface area contributed by atoms with Crippen LogP contribution in [0.5, 0.6) is 5.75 Å². The van der Waals surface area contributed by atoms with Crippen LogP contribution in [0.15, 0.2) is 23.2 Å². The van der Waals surface area contributed by atoms with E-state index < -0.39 is 0 Å². The van der Waals surface area contributed by atoms with E-state index in [9.17, 15) is 4.79 Å². The molecule has 1 aliphatic heterocycles. The SMILES string of the molecule is CCNC(=NCCOc1c(C)cccc1C)NC1CCN(C(=O)OCC)CC1.I. The summed E-state index contributed by atoms with van der Waals surface area (Å²) in [6.45, 7) is 11.7. The molecule has 7 nitrogen and oxygen atoms in total. The number of nitrogens with zero attached hydrogens (tertiary/aromatic N) is 2. The zero-order valence-corrected chi connectivity index (χ0v) is 20.3. The summed E-state index contributed by atoms with van der Waals surface area (Å²) in [5.74, 6) is 1.74. The molecule has 1 amide bonds. The number of halogens is 1. The minimum atomic E-state index is -0.217. The van der Waals surface area contributed by atoms with Gasteiger partial charge in [0.15, 0.2) is 5.96 Å². The molecule has 1 aromatic rings. The van der Waals surface area contributed by atoms with Crippen LogP contribution in [0.2, 0.25) is 0 Å². The van der Waals surface area contributed by atoms with E-state index in [1.807, 2.05) is 19.9 Å². The average Bonchev–Trinajstić information content (AvgIpc) is 2.68. The van der Waals surface area contributed by atoms with Gasteiger partial charge in [0.25, 0.3) is 0 Å². The molecule has 0 saturated carbocycles. The average molecular weight is 518 g/mol. The number of guanidine groups is 1. The summed E-state index contributed by atoms with van der Waals surface area (Å²) in [6.07, 6.45) is 1.54. The third-order valence-corrected chi connectivity index (χ3v) is 4.72. The van der Waals surface area contributed by atoms with Crippen LogP contribution >= 0.6 is 24.0 Å². The molecule has 0 aliphatic carbocycles. The highest BCUT2D eigenvalue weighted by Crippen LogP contribution is 2.22. The van der Waals surface area contributed by atoms with E-state index in [0.29, 0.717) is 38.9 Å². The highest BCUT2D eigenvalue weighted by atomic mass is 127. The molecule has 1 heterocycles. The highest BCUT2D eigenvalue weighted by Gasteiger charge is 2.24. The van der Waals surface area contributed by atoms with Crippen molar-refractivity contribution in [3.05, 3.63) is 29.3 Å². The molecule has 0 atom stereocenters. The molecule has 29 heavy (non-hydrogen) atoms. The minimum Gasteiger partial charge on any atom is -0.491 e. The lowest BCUT2D eigenvalue weighted by molar-refractivity contribution is 0.0963. The van der Waals surface area contributed by atoms with Crippen molar-refractivity contribution >= 4 is 36.0 Å². The van der Waals surface area contributed by atoms with Crippen molar-refractivity contribution in [3.63, 3.8) is 0 Å². The van der Waals surface area contributed by atoms with E-state index >= 15 is 0 Å². The van der Waals surface area contributed by atoms with Crippen LogP contribution in [-0.4, -0.2) is 62.4 Å². The summed E-state index contributed by atoms with van der Waals surface area (Å²) in [5, 5.41) is 6.76. The molecule has 0 spiro atoms. The minimum absolute atomic E-state index is 0. The van der Waals surface area contributed by atoms with Crippen molar-refractivity contribution < 1.29 is 14.3 Å². The fraction of sp³-hybridized carbons (Fsp3) is 0.619. The molecule has 2 rings (SSSR count). The highest BCUT2D eigenvalue weighted by molar-refractivity contribution is 14.0. The molecule has 1 saturated heterocycles. The Hall–Kier alpha value is -1.71. The number of ether oxygens (including phenoxy) is 2. The zero-order chi connectivity index (χ0) is 20.4. The predicted octanol–water partition coefficient (Wildman–Crippen LogP) is 3.48. The van der Waals surface area contributed by atoms with Gasteiger partial charge >= 0.3 is 6.09 Å². The number of hydrogen-bond donors (Lipinski definition) is 2. The number of amides is 1. The van der Waals surface area contributed by atoms with Crippen LogP contribution in [0.25, 0.3) is 0 Å². The fourth-order valence-electron chi connectivity index (χ4n) is 3.27. The number of piperidine rings is 1. The van der Waals surface area contributed by atoms with Crippen molar-refractivity contribution in [2.24, 2.45) is 4.99 Å². The summed E-state index contributed by atoms with van der Waals surface area (Å²) < 4.78 is 11.0. The Labute approximate surface area is 191 Å². The third-order valence-electron chi connectivity index (χ3n) is 4.72. The monoisotopic (exact) mass is 518 g/mol. The van der Waals surface area contributed by atoms with E-state index in [2.05, 4.69) is 41.6 Å². The molecule has 8 heteroatoms. The summed E-state index contributed by atoms with van der Waals surface area (Å²) >= 11 is 0. The van der Waals surface area contributed by atoms with E-state index in [4.69, 9.17) is 9.47 Å². The molecule has 0 unspecified atom stereocenters. The van der Waals surface area contributed by atoms with Gasteiger partial charge in [0.1, 0.15) is 12.4 Å². The first kappa shape index (κ1) is 25.3. The van der Waals surface area contributed by atoms with E-state index in [0.717, 1.165) is 42.2 Å². The van der Waals surface area contributed by atoms with E-state index in [1.165, 1.54) is 0 Å². The summed E-state index contributed by atoms with van der Waals surface area (Å²) in [6, 6.07) is 6.44. The van der Waals surface area contributed by atoms with Crippen LogP contribution < -0.4 is 15.4 Å². The van der Waals surface area contributed by atoms with Gasteiger partial charge in [-0.3, -0.25) is 0 Å². The number of para-hydroxylation sites is 1. The second kappa shape index (κ2) is 13.5. The Morgan fingerprint density at radius 1 is 1.21 bits per heavy atom. The van der Waals surface area contributed by atoms with Crippen molar-refractivity contribution in [2.75, 3.05) is 39.4 Å². The maximum atomic E-state index is 11.8. The first-order valence-electron chi connectivity index (χ1n) is 10.2. The Bertz CT molecular complexity index is 641. The lowest BCUT2D eigenvalue weighted by atomic mass is 10.1. The Morgan fingerprint density at radius 3 is 2.45 bits per heavy atom. The number of carbonyl (C=O) groups excluding carboxylic acids is 1. The van der Waals surface area contributed by atoms with Gasteiger partial charge in [0, 0.05) is 25.7 Å². The summed E-state index contributed by atoms with van der Waals surface area (Å²) in [7, 11) is 0. The van der Waals surface area contributed by atoms with Crippen molar-refractivity contribution in [3.8, 4) is 5.75 Å². The number of benzene rings is 1. The largest absolute Gasteiger partial charge is 0.491 e. The van der Waals surface area contributed by atoms with Crippen LogP contribution in [0.3, 0.4) is 0 Å². The Kier molecular flexibility index (Phi) is 11.8. The van der Waals surface area contributed by atoms with Gasteiger partial charge in [-0.05, 0) is 51.7 Å². The summed E-state index contributed by atoms with van der Waals surface area (Å²) in [4.78, 5) is 18.2. The van der Waals surface area contributed by atoms with Gasteiger partial charge in [-0.2, -0.15) is 0 Å². The zero-order valence-electron chi connectivity index (χ0n) is 18.0. The lowest BCUT2D eigenvalue weighted by Gasteiger charge is -2.32. The van der Waals surface area contributed by atoms with Gasteiger partial charge < -0.3 is 25.0 Å². The molecule has 1 fully saturated rings. The first-order valence-corrected chi connectivity index (χ1v) is 10.2. The molecule has 1 aliphatic rings. The number of hydrogen-bond acceptors (Lipinski definition) is 4. The van der Waals surface area contributed by atoms with E-state index in [1.54, 1.807) is 4.90 Å².